The van der Waals surface area contributed by atoms with Gasteiger partial charge in [-0.05, 0) is 33.3 Å². The van der Waals surface area contributed by atoms with Gasteiger partial charge in [0, 0.05) is 29.7 Å². The van der Waals surface area contributed by atoms with E-state index in [9.17, 15) is 0 Å². The summed E-state index contributed by atoms with van der Waals surface area (Å²) in [6.07, 6.45) is 3.90. The third kappa shape index (κ3) is 2.31. The van der Waals surface area contributed by atoms with Crippen LogP contribution in [0, 0.1) is 0 Å². The number of rotatable bonds is 4. The van der Waals surface area contributed by atoms with Crippen LogP contribution in [0.3, 0.4) is 0 Å². The van der Waals surface area contributed by atoms with Gasteiger partial charge in [0.15, 0.2) is 0 Å². The molecule has 4 heteroatoms. The van der Waals surface area contributed by atoms with Gasteiger partial charge in [0.2, 0.25) is 0 Å². The predicted octanol–water partition coefficient (Wildman–Crippen LogP) is 2.69. The molecule has 0 spiro atoms. The average Bonchev–Trinajstić information content (AvgIpc) is 2.86. The van der Waals surface area contributed by atoms with Crippen molar-refractivity contribution < 1.29 is 4.74 Å². The quantitative estimate of drug-likeness (QED) is 0.802. The van der Waals surface area contributed by atoms with Crippen LogP contribution in [0.15, 0.2) is 23.0 Å². The zero-order chi connectivity index (χ0) is 12.4. The summed E-state index contributed by atoms with van der Waals surface area (Å²) in [5, 5.41) is 4.35. The summed E-state index contributed by atoms with van der Waals surface area (Å²) in [7, 11) is 0. The van der Waals surface area contributed by atoms with Gasteiger partial charge in [-0.3, -0.25) is 4.99 Å². The number of allylic oxidation sites excluding steroid dienone is 1. The van der Waals surface area contributed by atoms with E-state index in [-0.39, 0.29) is 6.23 Å². The standard InChI is InChI=1S/C13H19N3O/c1-5-17-11(4)16-8-12(7-15-16)13-9(2)6-14-10(13)3/h7-8,11H,5-6H2,1-4H3. The molecule has 0 saturated heterocycles. The van der Waals surface area contributed by atoms with E-state index in [4.69, 9.17) is 4.74 Å². The highest BCUT2D eigenvalue weighted by Gasteiger charge is 2.17. The second-order valence-electron chi connectivity index (χ2n) is 4.32. The van der Waals surface area contributed by atoms with Gasteiger partial charge in [0.25, 0.3) is 0 Å². The summed E-state index contributed by atoms with van der Waals surface area (Å²) in [5.74, 6) is 0. The van der Waals surface area contributed by atoms with E-state index < -0.39 is 0 Å². The van der Waals surface area contributed by atoms with Crippen LogP contribution in [0.1, 0.15) is 39.5 Å². The van der Waals surface area contributed by atoms with E-state index in [1.54, 1.807) is 0 Å². The van der Waals surface area contributed by atoms with E-state index >= 15 is 0 Å². The Balaban J connectivity index is 2.25. The molecule has 0 radical (unpaired) electrons. The zero-order valence-electron chi connectivity index (χ0n) is 10.9. The average molecular weight is 233 g/mol. The zero-order valence-corrected chi connectivity index (χ0v) is 10.9. The number of aliphatic imine (C=N–C) groups is 1. The van der Waals surface area contributed by atoms with Crippen LogP contribution in [-0.4, -0.2) is 28.6 Å². The molecule has 0 bridgehead atoms. The molecule has 1 unspecified atom stereocenters. The Morgan fingerprint density at radius 2 is 2.24 bits per heavy atom. The maximum absolute atomic E-state index is 5.51. The molecule has 0 aliphatic carbocycles. The fourth-order valence-electron chi connectivity index (χ4n) is 2.14. The molecule has 2 heterocycles. The van der Waals surface area contributed by atoms with Gasteiger partial charge in [0.05, 0.1) is 12.7 Å². The minimum atomic E-state index is -0.0201. The maximum Gasteiger partial charge on any atom is 0.147 e. The van der Waals surface area contributed by atoms with Crippen molar-refractivity contribution in [1.82, 2.24) is 9.78 Å². The molecule has 0 saturated carbocycles. The lowest BCUT2D eigenvalue weighted by atomic mass is 10.0. The van der Waals surface area contributed by atoms with Crippen molar-refractivity contribution in [3.8, 4) is 0 Å². The molecule has 4 nitrogen and oxygen atoms in total. The van der Waals surface area contributed by atoms with Gasteiger partial charge < -0.3 is 4.74 Å². The molecule has 0 fully saturated rings. The summed E-state index contributed by atoms with van der Waals surface area (Å²) in [6, 6.07) is 0. The maximum atomic E-state index is 5.51. The number of hydrogen-bond acceptors (Lipinski definition) is 3. The Morgan fingerprint density at radius 1 is 1.47 bits per heavy atom. The van der Waals surface area contributed by atoms with Crippen LogP contribution < -0.4 is 0 Å². The minimum Gasteiger partial charge on any atom is -0.357 e. The smallest absolute Gasteiger partial charge is 0.147 e. The van der Waals surface area contributed by atoms with Crippen LogP contribution >= 0.6 is 0 Å². The Morgan fingerprint density at radius 3 is 2.82 bits per heavy atom. The largest absolute Gasteiger partial charge is 0.357 e. The number of ether oxygens (including phenoxy) is 1. The van der Waals surface area contributed by atoms with Crippen LogP contribution in [0.25, 0.3) is 5.57 Å². The van der Waals surface area contributed by atoms with Gasteiger partial charge in [-0.2, -0.15) is 5.10 Å². The topological polar surface area (TPSA) is 39.4 Å². The van der Waals surface area contributed by atoms with Gasteiger partial charge in [0.1, 0.15) is 6.23 Å². The number of aromatic nitrogens is 2. The molecular weight excluding hydrogens is 214 g/mol. The first-order chi connectivity index (χ1) is 8.13. The molecule has 1 atom stereocenters. The monoisotopic (exact) mass is 233 g/mol. The lowest BCUT2D eigenvalue weighted by Crippen LogP contribution is -2.09. The molecule has 1 aliphatic heterocycles. The van der Waals surface area contributed by atoms with Gasteiger partial charge >= 0.3 is 0 Å². The molecule has 2 rings (SSSR count). The molecular formula is C13H19N3O. The fourth-order valence-corrected chi connectivity index (χ4v) is 2.14. The van der Waals surface area contributed by atoms with E-state index in [0.717, 1.165) is 17.8 Å². The first-order valence-corrected chi connectivity index (χ1v) is 6.00. The second kappa shape index (κ2) is 4.84. The van der Waals surface area contributed by atoms with E-state index in [0.29, 0.717) is 6.61 Å². The van der Waals surface area contributed by atoms with Gasteiger partial charge in [-0.1, -0.05) is 0 Å². The highest BCUT2D eigenvalue weighted by Crippen LogP contribution is 2.25. The molecule has 0 aromatic carbocycles. The normalized spacial score (nSPS) is 17.5. The second-order valence-corrected chi connectivity index (χ2v) is 4.32. The highest BCUT2D eigenvalue weighted by molar-refractivity contribution is 6.25. The first-order valence-electron chi connectivity index (χ1n) is 6.00. The van der Waals surface area contributed by atoms with Crippen molar-refractivity contribution in [3.05, 3.63) is 23.5 Å². The fraction of sp³-hybridized carbons (Fsp3) is 0.538. The van der Waals surface area contributed by atoms with Crippen molar-refractivity contribution in [1.29, 1.82) is 0 Å². The number of nitrogens with zero attached hydrogens (tertiary/aromatic N) is 3. The number of hydrogen-bond donors (Lipinski definition) is 0. The Hall–Kier alpha value is -1.42. The third-order valence-electron chi connectivity index (χ3n) is 3.01. The summed E-state index contributed by atoms with van der Waals surface area (Å²) >= 11 is 0. The van der Waals surface area contributed by atoms with Gasteiger partial charge in [-0.15, -0.1) is 0 Å². The van der Waals surface area contributed by atoms with Crippen molar-refractivity contribution in [2.24, 2.45) is 4.99 Å². The lowest BCUT2D eigenvalue weighted by Gasteiger charge is -2.11. The Labute approximate surface area is 102 Å². The molecule has 0 N–H and O–H groups in total. The lowest BCUT2D eigenvalue weighted by molar-refractivity contribution is 0.0159. The third-order valence-corrected chi connectivity index (χ3v) is 3.01. The molecule has 17 heavy (non-hydrogen) atoms. The van der Waals surface area contributed by atoms with Crippen LogP contribution in [0.5, 0.6) is 0 Å². The first kappa shape index (κ1) is 12.0. The van der Waals surface area contributed by atoms with E-state index in [1.807, 2.05) is 30.9 Å². The molecule has 92 valence electrons. The summed E-state index contributed by atoms with van der Waals surface area (Å²) in [5.41, 5.74) is 4.78. The van der Waals surface area contributed by atoms with E-state index in [2.05, 4.69) is 23.9 Å². The van der Waals surface area contributed by atoms with Crippen molar-refractivity contribution in [2.75, 3.05) is 13.2 Å². The predicted molar refractivity (Wildman–Crippen MR) is 69.1 cm³/mol. The minimum absolute atomic E-state index is 0.0201. The van der Waals surface area contributed by atoms with Crippen molar-refractivity contribution in [3.63, 3.8) is 0 Å². The van der Waals surface area contributed by atoms with Crippen LogP contribution in [-0.2, 0) is 4.74 Å². The van der Waals surface area contributed by atoms with E-state index in [1.165, 1.54) is 11.1 Å². The van der Waals surface area contributed by atoms with Gasteiger partial charge in [-0.25, -0.2) is 4.68 Å². The summed E-state index contributed by atoms with van der Waals surface area (Å²) in [6.45, 7) is 9.66. The Kier molecular flexibility index (Phi) is 3.43. The Bertz CT molecular complexity index is 471. The van der Waals surface area contributed by atoms with Crippen molar-refractivity contribution in [2.45, 2.75) is 33.9 Å². The van der Waals surface area contributed by atoms with Crippen LogP contribution in [0.4, 0.5) is 0 Å². The summed E-state index contributed by atoms with van der Waals surface area (Å²) in [4.78, 5) is 4.44. The molecule has 1 aliphatic rings. The summed E-state index contributed by atoms with van der Waals surface area (Å²) < 4.78 is 7.36. The molecule has 1 aromatic heterocycles. The van der Waals surface area contributed by atoms with Crippen LogP contribution in [0.2, 0.25) is 0 Å². The van der Waals surface area contributed by atoms with Crippen molar-refractivity contribution >= 4 is 11.3 Å². The molecule has 1 aromatic rings. The molecule has 0 amide bonds. The highest BCUT2D eigenvalue weighted by atomic mass is 16.5. The SMILES string of the molecule is CCOC(C)n1cc(C2=C(C)CN=C2C)cn1.